The highest BCUT2D eigenvalue weighted by Crippen LogP contribution is 2.19. The van der Waals surface area contributed by atoms with Crippen LogP contribution < -0.4 is 0 Å². The third kappa shape index (κ3) is 2.85. The lowest BCUT2D eigenvalue weighted by molar-refractivity contribution is -0.131. The topological polar surface area (TPSA) is 40.5 Å². The van der Waals surface area contributed by atoms with Crippen LogP contribution >= 0.6 is 11.6 Å². The molecule has 1 rings (SSSR count). The van der Waals surface area contributed by atoms with Crippen molar-refractivity contribution in [2.24, 2.45) is 5.92 Å². The van der Waals surface area contributed by atoms with E-state index in [9.17, 15) is 9.90 Å². The van der Waals surface area contributed by atoms with Gasteiger partial charge in [0.1, 0.15) is 5.88 Å². The number of piperidine rings is 1. The van der Waals surface area contributed by atoms with Gasteiger partial charge in [0.05, 0.1) is 6.10 Å². The number of carbonyl (C=O) groups excluding carboxylic acids is 1. The monoisotopic (exact) mass is 205 g/mol. The zero-order valence-electron chi connectivity index (χ0n) is 7.87. The summed E-state index contributed by atoms with van der Waals surface area (Å²) in [5.74, 6) is 0.250. The number of aliphatic hydroxyl groups is 1. The molecule has 0 saturated carbocycles. The summed E-state index contributed by atoms with van der Waals surface area (Å²) in [6.07, 6.45) is 1.65. The normalized spacial score (nSPS) is 25.8. The maximum absolute atomic E-state index is 11.2. The molecule has 0 aromatic rings. The van der Waals surface area contributed by atoms with Gasteiger partial charge in [0.25, 0.3) is 0 Å². The maximum Gasteiger partial charge on any atom is 0.237 e. The number of nitrogens with zero attached hydrogens (tertiary/aromatic N) is 1. The van der Waals surface area contributed by atoms with E-state index in [1.54, 1.807) is 11.8 Å². The van der Waals surface area contributed by atoms with Crippen molar-refractivity contribution in [3.05, 3.63) is 0 Å². The van der Waals surface area contributed by atoms with Gasteiger partial charge in [0.15, 0.2) is 0 Å². The summed E-state index contributed by atoms with van der Waals surface area (Å²) >= 11 is 5.46. The Morgan fingerprint density at radius 1 is 1.77 bits per heavy atom. The molecule has 0 aliphatic carbocycles. The third-order valence-electron chi connectivity index (χ3n) is 2.61. The van der Waals surface area contributed by atoms with Crippen molar-refractivity contribution in [2.75, 3.05) is 19.0 Å². The van der Waals surface area contributed by atoms with E-state index in [0.29, 0.717) is 6.54 Å². The predicted molar refractivity (Wildman–Crippen MR) is 51.7 cm³/mol. The highest BCUT2D eigenvalue weighted by molar-refractivity contribution is 6.27. The molecule has 1 saturated heterocycles. The van der Waals surface area contributed by atoms with E-state index in [2.05, 4.69) is 0 Å². The first kappa shape index (κ1) is 10.8. The van der Waals surface area contributed by atoms with Gasteiger partial charge in [-0.2, -0.15) is 0 Å². The Bertz CT molecular complexity index is 184. The molecule has 0 bridgehead atoms. The lowest BCUT2D eigenvalue weighted by Crippen LogP contribution is -2.43. The molecule has 13 heavy (non-hydrogen) atoms. The van der Waals surface area contributed by atoms with Crippen LogP contribution in [0.4, 0.5) is 0 Å². The number of alkyl halides is 1. The number of halogens is 1. The zero-order valence-corrected chi connectivity index (χ0v) is 8.63. The van der Waals surface area contributed by atoms with E-state index in [0.717, 1.165) is 19.4 Å². The van der Waals surface area contributed by atoms with E-state index in [4.69, 9.17) is 11.6 Å². The lowest BCUT2D eigenvalue weighted by atomic mass is 9.93. The number of hydrogen-bond acceptors (Lipinski definition) is 2. The number of carbonyl (C=O) groups is 1. The van der Waals surface area contributed by atoms with Gasteiger partial charge < -0.3 is 10.0 Å². The number of amides is 1. The van der Waals surface area contributed by atoms with E-state index in [1.807, 2.05) is 0 Å². The second-order valence-electron chi connectivity index (χ2n) is 3.62. The Kier molecular flexibility index (Phi) is 4.00. The number of hydrogen-bond donors (Lipinski definition) is 1. The summed E-state index contributed by atoms with van der Waals surface area (Å²) in [5, 5.41) is 9.38. The quantitative estimate of drug-likeness (QED) is 0.679. The lowest BCUT2D eigenvalue weighted by Gasteiger charge is -2.33. The molecule has 1 N–H and O–H groups in total. The Morgan fingerprint density at radius 3 is 3.00 bits per heavy atom. The summed E-state index contributed by atoms with van der Waals surface area (Å²) < 4.78 is 0. The average molecular weight is 206 g/mol. The van der Waals surface area contributed by atoms with Crippen LogP contribution in [0.25, 0.3) is 0 Å². The van der Waals surface area contributed by atoms with Crippen molar-refractivity contribution in [1.82, 2.24) is 4.90 Å². The summed E-state index contributed by atoms with van der Waals surface area (Å²) in [6.45, 7) is 3.22. The molecule has 4 heteroatoms. The maximum atomic E-state index is 11.2. The summed E-state index contributed by atoms with van der Waals surface area (Å²) in [7, 11) is 0. The van der Waals surface area contributed by atoms with Crippen LogP contribution in [-0.2, 0) is 4.79 Å². The van der Waals surface area contributed by atoms with Crippen LogP contribution in [0.2, 0.25) is 0 Å². The second kappa shape index (κ2) is 4.82. The predicted octanol–water partition coefficient (Wildman–Crippen LogP) is 0.845. The van der Waals surface area contributed by atoms with E-state index in [-0.39, 0.29) is 23.8 Å². The number of aliphatic hydroxyl groups excluding tert-OH is 1. The molecular formula is C9H16ClNO2. The van der Waals surface area contributed by atoms with Crippen molar-refractivity contribution in [3.63, 3.8) is 0 Å². The summed E-state index contributed by atoms with van der Waals surface area (Å²) in [5.41, 5.74) is 0. The van der Waals surface area contributed by atoms with Gasteiger partial charge in [-0.05, 0) is 19.8 Å². The molecule has 1 amide bonds. The fraction of sp³-hybridized carbons (Fsp3) is 0.889. The molecule has 76 valence electrons. The molecular weight excluding hydrogens is 190 g/mol. The minimum atomic E-state index is -0.328. The second-order valence-corrected chi connectivity index (χ2v) is 3.88. The molecule has 3 nitrogen and oxygen atoms in total. The van der Waals surface area contributed by atoms with E-state index >= 15 is 0 Å². The minimum Gasteiger partial charge on any atom is -0.393 e. The molecule has 1 aliphatic rings. The van der Waals surface area contributed by atoms with Crippen LogP contribution in [0, 0.1) is 5.92 Å². The summed E-state index contributed by atoms with van der Waals surface area (Å²) in [6, 6.07) is 0. The fourth-order valence-corrected chi connectivity index (χ4v) is 1.88. The first-order valence-corrected chi connectivity index (χ1v) is 5.20. The highest BCUT2D eigenvalue weighted by Gasteiger charge is 2.25. The SMILES string of the molecule is C[C@@H](O)[C@@H]1CCCN(C(=O)CCl)C1. The van der Waals surface area contributed by atoms with Gasteiger partial charge in [0, 0.05) is 19.0 Å². The van der Waals surface area contributed by atoms with Gasteiger partial charge in [-0.1, -0.05) is 0 Å². The molecule has 2 atom stereocenters. The van der Waals surface area contributed by atoms with Gasteiger partial charge in [-0.25, -0.2) is 0 Å². The highest BCUT2D eigenvalue weighted by atomic mass is 35.5. The first-order valence-electron chi connectivity index (χ1n) is 4.67. The van der Waals surface area contributed by atoms with Crippen LogP contribution in [0.1, 0.15) is 19.8 Å². The van der Waals surface area contributed by atoms with Crippen LogP contribution in [0.15, 0.2) is 0 Å². The van der Waals surface area contributed by atoms with E-state index < -0.39 is 0 Å². The molecule has 0 unspecified atom stereocenters. The molecule has 1 aliphatic heterocycles. The molecule has 0 radical (unpaired) electrons. The fourth-order valence-electron chi connectivity index (χ4n) is 1.71. The average Bonchev–Trinajstić information content (AvgIpc) is 2.17. The molecule has 1 fully saturated rings. The minimum absolute atomic E-state index is 0.0213. The van der Waals surface area contributed by atoms with Crippen LogP contribution in [0.5, 0.6) is 0 Å². The first-order chi connectivity index (χ1) is 6.15. The van der Waals surface area contributed by atoms with Gasteiger partial charge in [0.2, 0.25) is 5.91 Å². The molecule has 0 aromatic carbocycles. The van der Waals surface area contributed by atoms with Crippen LogP contribution in [0.3, 0.4) is 0 Å². The third-order valence-corrected chi connectivity index (χ3v) is 2.84. The Labute approximate surface area is 83.7 Å². The standard InChI is InChI=1S/C9H16ClNO2/c1-7(12)8-3-2-4-11(6-8)9(13)5-10/h7-8,12H,2-6H2,1H3/t7-,8-/m1/s1. The molecule has 1 heterocycles. The molecule has 0 spiro atoms. The van der Waals surface area contributed by atoms with Crippen LogP contribution in [-0.4, -0.2) is 41.0 Å². The largest absolute Gasteiger partial charge is 0.393 e. The van der Waals surface area contributed by atoms with Crippen molar-refractivity contribution in [2.45, 2.75) is 25.9 Å². The number of likely N-dealkylation sites (tertiary alicyclic amines) is 1. The van der Waals surface area contributed by atoms with Crippen molar-refractivity contribution in [1.29, 1.82) is 0 Å². The van der Waals surface area contributed by atoms with Crippen molar-refractivity contribution >= 4 is 17.5 Å². The van der Waals surface area contributed by atoms with Gasteiger partial charge in [-0.15, -0.1) is 11.6 Å². The zero-order chi connectivity index (χ0) is 9.84. The summed E-state index contributed by atoms with van der Waals surface area (Å²) in [4.78, 5) is 13.0. The van der Waals surface area contributed by atoms with Gasteiger partial charge in [-0.3, -0.25) is 4.79 Å². The van der Waals surface area contributed by atoms with E-state index in [1.165, 1.54) is 0 Å². The Balaban J connectivity index is 2.46. The smallest absolute Gasteiger partial charge is 0.237 e. The van der Waals surface area contributed by atoms with Crippen molar-refractivity contribution < 1.29 is 9.90 Å². The Morgan fingerprint density at radius 2 is 2.46 bits per heavy atom. The van der Waals surface area contributed by atoms with Crippen molar-refractivity contribution in [3.8, 4) is 0 Å². The molecule has 0 aromatic heterocycles. The Hall–Kier alpha value is -0.280. The van der Waals surface area contributed by atoms with Gasteiger partial charge >= 0.3 is 0 Å². The number of rotatable bonds is 2.